The second-order valence-electron chi connectivity index (χ2n) is 8.99. The lowest BCUT2D eigenvalue weighted by molar-refractivity contribution is -0.138. The van der Waals surface area contributed by atoms with Crippen LogP contribution in [0.3, 0.4) is 0 Å². The minimum absolute atomic E-state index is 0.101. The summed E-state index contributed by atoms with van der Waals surface area (Å²) in [6, 6.07) is 16.1. The molecule has 1 unspecified atom stereocenters. The number of benzene rings is 2. The molecular weight excluding hydrogens is 417 g/mol. The fraction of sp³-hybridized carbons (Fsp3) is 0.370. The normalized spacial score (nSPS) is 19.6. The number of carbonyl (C=O) groups excluding carboxylic acids is 1. The van der Waals surface area contributed by atoms with Crippen molar-refractivity contribution in [3.8, 4) is 17.1 Å². The van der Waals surface area contributed by atoms with Crippen LogP contribution in [0, 0.1) is 5.82 Å². The van der Waals surface area contributed by atoms with E-state index in [1.807, 2.05) is 41.3 Å². The standard InChI is InChI=1S/C27H28FN3O2/c1-33-22-10-4-7-19(17-22)25-29-15-12-23(30-25)24-11-6-16-31(24)26(32)27(13-2-3-14-27)20-8-5-9-21(28)18-20/h4-5,7-10,12,15,17-18,24H,2-3,6,11,13-14,16H2,1H3. The van der Waals surface area contributed by atoms with Crippen molar-refractivity contribution in [2.24, 2.45) is 0 Å². The average Bonchev–Trinajstić information content (AvgIpc) is 3.55. The minimum Gasteiger partial charge on any atom is -0.497 e. The summed E-state index contributed by atoms with van der Waals surface area (Å²) in [5.74, 6) is 1.18. The molecule has 0 radical (unpaired) electrons. The highest BCUT2D eigenvalue weighted by Crippen LogP contribution is 2.45. The molecule has 2 heterocycles. The van der Waals surface area contributed by atoms with Gasteiger partial charge in [-0.1, -0.05) is 37.1 Å². The highest BCUT2D eigenvalue weighted by molar-refractivity contribution is 5.89. The predicted molar refractivity (Wildman–Crippen MR) is 124 cm³/mol. The van der Waals surface area contributed by atoms with Crippen LogP contribution >= 0.6 is 0 Å². The fourth-order valence-electron chi connectivity index (χ4n) is 5.44. The molecule has 0 spiro atoms. The summed E-state index contributed by atoms with van der Waals surface area (Å²) in [6.45, 7) is 0.694. The molecule has 1 aliphatic carbocycles. The van der Waals surface area contributed by atoms with Gasteiger partial charge in [0.1, 0.15) is 11.6 Å². The number of rotatable bonds is 5. The van der Waals surface area contributed by atoms with Crippen molar-refractivity contribution in [1.29, 1.82) is 0 Å². The third-order valence-corrected chi connectivity index (χ3v) is 7.10. The molecule has 6 heteroatoms. The first kappa shape index (κ1) is 21.6. The molecule has 1 saturated carbocycles. The van der Waals surface area contributed by atoms with Crippen molar-refractivity contribution >= 4 is 5.91 Å². The van der Waals surface area contributed by atoms with E-state index in [0.717, 1.165) is 61.1 Å². The highest BCUT2D eigenvalue weighted by Gasteiger charge is 2.47. The first-order valence-corrected chi connectivity index (χ1v) is 11.7. The summed E-state index contributed by atoms with van der Waals surface area (Å²) >= 11 is 0. The van der Waals surface area contributed by atoms with Crippen molar-refractivity contribution in [3.63, 3.8) is 0 Å². The summed E-state index contributed by atoms with van der Waals surface area (Å²) < 4.78 is 19.4. The van der Waals surface area contributed by atoms with Gasteiger partial charge in [0.2, 0.25) is 5.91 Å². The number of likely N-dealkylation sites (tertiary alicyclic amines) is 1. The van der Waals surface area contributed by atoms with Crippen molar-refractivity contribution in [3.05, 3.63) is 77.9 Å². The average molecular weight is 446 g/mol. The van der Waals surface area contributed by atoms with E-state index in [2.05, 4.69) is 4.98 Å². The van der Waals surface area contributed by atoms with Crippen molar-refractivity contribution < 1.29 is 13.9 Å². The van der Waals surface area contributed by atoms with Gasteiger partial charge in [-0.25, -0.2) is 14.4 Å². The van der Waals surface area contributed by atoms with Gasteiger partial charge in [0.15, 0.2) is 5.82 Å². The topological polar surface area (TPSA) is 55.3 Å². The van der Waals surface area contributed by atoms with E-state index in [9.17, 15) is 9.18 Å². The maximum Gasteiger partial charge on any atom is 0.233 e. The number of halogens is 1. The third-order valence-electron chi connectivity index (χ3n) is 7.10. The smallest absolute Gasteiger partial charge is 0.233 e. The van der Waals surface area contributed by atoms with Crippen LogP contribution in [0.15, 0.2) is 60.8 Å². The molecule has 1 aliphatic heterocycles. The van der Waals surface area contributed by atoms with Crippen LogP contribution < -0.4 is 4.74 Å². The molecule has 2 fully saturated rings. The van der Waals surface area contributed by atoms with Crippen LogP contribution in [0.1, 0.15) is 55.8 Å². The number of hydrogen-bond acceptors (Lipinski definition) is 4. The van der Waals surface area contributed by atoms with Crippen molar-refractivity contribution in [1.82, 2.24) is 14.9 Å². The Kier molecular flexibility index (Phi) is 5.83. The van der Waals surface area contributed by atoms with Crippen LogP contribution in [0.5, 0.6) is 5.75 Å². The minimum atomic E-state index is -0.645. The first-order valence-electron chi connectivity index (χ1n) is 11.7. The lowest BCUT2D eigenvalue weighted by Crippen LogP contribution is -2.45. The van der Waals surface area contributed by atoms with Crippen LogP contribution in [0.2, 0.25) is 0 Å². The molecule has 1 amide bonds. The second kappa shape index (κ2) is 8.93. The molecule has 2 aromatic carbocycles. The van der Waals surface area contributed by atoms with Crippen LogP contribution in [-0.4, -0.2) is 34.4 Å². The van der Waals surface area contributed by atoms with Crippen molar-refractivity contribution in [2.75, 3.05) is 13.7 Å². The highest BCUT2D eigenvalue weighted by atomic mass is 19.1. The molecule has 3 aromatic rings. The Morgan fingerprint density at radius 3 is 2.70 bits per heavy atom. The van der Waals surface area contributed by atoms with Gasteiger partial charge in [-0.2, -0.15) is 0 Å². The molecule has 170 valence electrons. The van der Waals surface area contributed by atoms with E-state index >= 15 is 0 Å². The Labute approximate surface area is 193 Å². The Bertz CT molecular complexity index is 1160. The van der Waals surface area contributed by atoms with Crippen LogP contribution in [-0.2, 0) is 10.2 Å². The molecule has 0 N–H and O–H groups in total. The number of methoxy groups -OCH3 is 1. The molecule has 1 atom stereocenters. The monoisotopic (exact) mass is 445 g/mol. The molecule has 5 nitrogen and oxygen atoms in total. The summed E-state index contributed by atoms with van der Waals surface area (Å²) in [7, 11) is 1.63. The molecule has 5 rings (SSSR count). The van der Waals surface area contributed by atoms with Gasteiger partial charge < -0.3 is 9.64 Å². The van der Waals surface area contributed by atoms with Crippen LogP contribution in [0.4, 0.5) is 4.39 Å². The molecular formula is C27H28FN3O2. The quantitative estimate of drug-likeness (QED) is 0.523. The zero-order valence-electron chi connectivity index (χ0n) is 18.8. The van der Waals surface area contributed by atoms with E-state index in [-0.39, 0.29) is 17.8 Å². The molecule has 1 aromatic heterocycles. The number of nitrogens with zero attached hydrogens (tertiary/aromatic N) is 3. The van der Waals surface area contributed by atoms with Crippen LogP contribution in [0.25, 0.3) is 11.4 Å². The summed E-state index contributed by atoms with van der Waals surface area (Å²) in [5, 5.41) is 0. The maximum absolute atomic E-state index is 14.1. The molecule has 0 bridgehead atoms. The summed E-state index contributed by atoms with van der Waals surface area (Å²) in [5.41, 5.74) is 1.88. The SMILES string of the molecule is COc1cccc(-c2nccc(C3CCCN3C(=O)C3(c4cccc(F)c4)CCCC3)n2)c1. The lowest BCUT2D eigenvalue weighted by atomic mass is 9.77. The Morgan fingerprint density at radius 1 is 1.09 bits per heavy atom. The lowest BCUT2D eigenvalue weighted by Gasteiger charge is -2.36. The van der Waals surface area contributed by atoms with E-state index in [0.29, 0.717) is 12.4 Å². The van der Waals surface area contributed by atoms with E-state index in [1.165, 1.54) is 6.07 Å². The predicted octanol–water partition coefficient (Wildman–Crippen LogP) is 5.47. The summed E-state index contributed by atoms with van der Waals surface area (Å²) in [4.78, 5) is 25.3. The van der Waals surface area contributed by atoms with E-state index in [1.54, 1.807) is 25.4 Å². The Hall–Kier alpha value is -3.28. The van der Waals surface area contributed by atoms with Gasteiger partial charge in [-0.3, -0.25) is 4.79 Å². The Morgan fingerprint density at radius 2 is 1.91 bits per heavy atom. The largest absolute Gasteiger partial charge is 0.497 e. The molecule has 33 heavy (non-hydrogen) atoms. The first-order chi connectivity index (χ1) is 16.1. The number of carbonyl (C=O) groups is 1. The van der Waals surface area contributed by atoms with Gasteiger partial charge >= 0.3 is 0 Å². The number of amides is 1. The fourth-order valence-corrected chi connectivity index (χ4v) is 5.44. The third kappa shape index (κ3) is 3.99. The summed E-state index contributed by atoms with van der Waals surface area (Å²) in [6.07, 6.45) is 7.03. The number of aromatic nitrogens is 2. The van der Waals surface area contributed by atoms with Crippen molar-refractivity contribution in [2.45, 2.75) is 50.0 Å². The van der Waals surface area contributed by atoms with Gasteiger partial charge in [0.05, 0.1) is 24.3 Å². The van der Waals surface area contributed by atoms with Gasteiger partial charge in [0.25, 0.3) is 0 Å². The second-order valence-corrected chi connectivity index (χ2v) is 8.99. The Balaban J connectivity index is 1.47. The molecule has 2 aliphatic rings. The zero-order valence-corrected chi connectivity index (χ0v) is 18.8. The van der Waals surface area contributed by atoms with Gasteiger partial charge in [0, 0.05) is 18.3 Å². The number of hydrogen-bond donors (Lipinski definition) is 0. The maximum atomic E-state index is 14.1. The van der Waals surface area contributed by atoms with Gasteiger partial charge in [-0.05, 0) is 61.6 Å². The van der Waals surface area contributed by atoms with E-state index in [4.69, 9.17) is 9.72 Å². The number of ether oxygens (including phenoxy) is 1. The van der Waals surface area contributed by atoms with Gasteiger partial charge in [-0.15, -0.1) is 0 Å². The zero-order chi connectivity index (χ0) is 22.8. The van der Waals surface area contributed by atoms with E-state index < -0.39 is 5.41 Å². The molecule has 1 saturated heterocycles.